The molecule has 0 saturated carbocycles. The molecule has 1 atom stereocenters. The van der Waals surface area contributed by atoms with E-state index in [0.29, 0.717) is 0 Å². The summed E-state index contributed by atoms with van der Waals surface area (Å²) in [5, 5.41) is 3.21. The summed E-state index contributed by atoms with van der Waals surface area (Å²) in [6, 6.07) is 7.24. The van der Waals surface area contributed by atoms with Crippen molar-refractivity contribution < 1.29 is 14.3 Å². The lowest BCUT2D eigenvalue weighted by molar-refractivity contribution is -0.141. The standard InChI is InChI=1S/C15H23NO3/c1-4-5-6-10-14(15(17)19-3)16-12-8-7-9-13(11-12)18-2/h7-9,11,14,16H,4-6,10H2,1-3H3. The molecule has 0 radical (unpaired) electrons. The van der Waals surface area contributed by atoms with Gasteiger partial charge in [0.15, 0.2) is 0 Å². The largest absolute Gasteiger partial charge is 0.497 e. The normalized spacial score (nSPS) is 11.7. The second-order valence-corrected chi connectivity index (χ2v) is 4.45. The molecule has 1 rings (SSSR count). The van der Waals surface area contributed by atoms with Crippen molar-refractivity contribution in [1.29, 1.82) is 0 Å². The molecule has 0 aromatic heterocycles. The lowest BCUT2D eigenvalue weighted by atomic mass is 10.1. The smallest absolute Gasteiger partial charge is 0.328 e. The zero-order chi connectivity index (χ0) is 14.1. The number of rotatable bonds is 8. The van der Waals surface area contributed by atoms with E-state index in [0.717, 1.165) is 37.1 Å². The minimum atomic E-state index is -0.302. The van der Waals surface area contributed by atoms with Crippen LogP contribution in [-0.2, 0) is 9.53 Å². The molecule has 0 bridgehead atoms. The highest BCUT2D eigenvalue weighted by molar-refractivity contribution is 5.79. The molecule has 1 N–H and O–H groups in total. The molecule has 0 spiro atoms. The van der Waals surface area contributed by atoms with Gasteiger partial charge in [0, 0.05) is 11.8 Å². The number of carbonyl (C=O) groups is 1. The van der Waals surface area contributed by atoms with Gasteiger partial charge in [-0.2, -0.15) is 0 Å². The molecule has 0 saturated heterocycles. The minimum Gasteiger partial charge on any atom is -0.497 e. The monoisotopic (exact) mass is 265 g/mol. The number of hydrogen-bond acceptors (Lipinski definition) is 4. The van der Waals surface area contributed by atoms with Crippen LogP contribution in [0.2, 0.25) is 0 Å². The van der Waals surface area contributed by atoms with E-state index in [-0.39, 0.29) is 12.0 Å². The fourth-order valence-corrected chi connectivity index (χ4v) is 1.90. The lowest BCUT2D eigenvalue weighted by Gasteiger charge is -2.18. The molecule has 0 heterocycles. The Balaban J connectivity index is 2.66. The van der Waals surface area contributed by atoms with Crippen molar-refractivity contribution in [2.45, 2.75) is 38.6 Å². The van der Waals surface area contributed by atoms with Crippen LogP contribution in [0.4, 0.5) is 5.69 Å². The Hall–Kier alpha value is -1.71. The van der Waals surface area contributed by atoms with Crippen LogP contribution in [0.15, 0.2) is 24.3 Å². The number of benzene rings is 1. The van der Waals surface area contributed by atoms with Gasteiger partial charge in [0.05, 0.1) is 14.2 Å². The quantitative estimate of drug-likeness (QED) is 0.579. The van der Waals surface area contributed by atoms with Gasteiger partial charge in [0.25, 0.3) is 0 Å². The van der Waals surface area contributed by atoms with E-state index in [1.165, 1.54) is 7.11 Å². The molecule has 106 valence electrons. The van der Waals surface area contributed by atoms with E-state index in [9.17, 15) is 4.79 Å². The fourth-order valence-electron chi connectivity index (χ4n) is 1.90. The highest BCUT2D eigenvalue weighted by atomic mass is 16.5. The molecule has 1 unspecified atom stereocenters. The van der Waals surface area contributed by atoms with Crippen molar-refractivity contribution in [2.24, 2.45) is 0 Å². The zero-order valence-corrected chi connectivity index (χ0v) is 11.9. The third kappa shape index (κ3) is 5.20. The molecule has 0 fully saturated rings. The van der Waals surface area contributed by atoms with Crippen LogP contribution in [0.5, 0.6) is 5.75 Å². The van der Waals surface area contributed by atoms with Gasteiger partial charge in [0.1, 0.15) is 11.8 Å². The van der Waals surface area contributed by atoms with Crippen molar-refractivity contribution in [3.05, 3.63) is 24.3 Å². The SMILES string of the molecule is CCCCCC(Nc1cccc(OC)c1)C(=O)OC. The van der Waals surface area contributed by atoms with Gasteiger partial charge in [-0.15, -0.1) is 0 Å². The zero-order valence-electron chi connectivity index (χ0n) is 11.9. The number of ether oxygens (including phenoxy) is 2. The minimum absolute atomic E-state index is 0.223. The van der Waals surface area contributed by atoms with Crippen molar-refractivity contribution >= 4 is 11.7 Å². The first kappa shape index (κ1) is 15.3. The van der Waals surface area contributed by atoms with Gasteiger partial charge in [-0.1, -0.05) is 32.3 Å². The van der Waals surface area contributed by atoms with Gasteiger partial charge >= 0.3 is 5.97 Å². The Morgan fingerprint density at radius 1 is 1.32 bits per heavy atom. The first-order chi connectivity index (χ1) is 9.21. The van der Waals surface area contributed by atoms with Crippen LogP contribution in [0.25, 0.3) is 0 Å². The van der Waals surface area contributed by atoms with Crippen LogP contribution in [0, 0.1) is 0 Å². The Labute approximate surface area is 115 Å². The van der Waals surface area contributed by atoms with Crippen molar-refractivity contribution in [1.82, 2.24) is 0 Å². The highest BCUT2D eigenvalue weighted by Gasteiger charge is 2.18. The van der Waals surface area contributed by atoms with E-state index in [2.05, 4.69) is 12.2 Å². The van der Waals surface area contributed by atoms with Gasteiger partial charge in [0.2, 0.25) is 0 Å². The van der Waals surface area contributed by atoms with Crippen LogP contribution >= 0.6 is 0 Å². The molecule has 19 heavy (non-hydrogen) atoms. The van der Waals surface area contributed by atoms with E-state index < -0.39 is 0 Å². The molecule has 4 heteroatoms. The van der Waals surface area contributed by atoms with Crippen LogP contribution in [0.3, 0.4) is 0 Å². The van der Waals surface area contributed by atoms with Gasteiger partial charge in [-0.3, -0.25) is 0 Å². The number of esters is 1. The molecular weight excluding hydrogens is 242 g/mol. The Kier molecular flexibility index (Phi) is 6.79. The first-order valence-corrected chi connectivity index (χ1v) is 6.69. The first-order valence-electron chi connectivity index (χ1n) is 6.69. The number of nitrogens with one attached hydrogen (secondary N) is 1. The summed E-state index contributed by atoms with van der Waals surface area (Å²) in [5.41, 5.74) is 0.867. The predicted molar refractivity (Wildman–Crippen MR) is 76.6 cm³/mol. The van der Waals surface area contributed by atoms with E-state index >= 15 is 0 Å². The van der Waals surface area contributed by atoms with Gasteiger partial charge in [-0.25, -0.2) is 4.79 Å². The summed E-state index contributed by atoms with van der Waals surface area (Å²) in [7, 11) is 3.04. The number of carbonyl (C=O) groups excluding carboxylic acids is 1. The maximum absolute atomic E-state index is 11.7. The number of unbranched alkanes of at least 4 members (excludes halogenated alkanes) is 2. The average Bonchev–Trinajstić information content (AvgIpc) is 2.45. The van der Waals surface area contributed by atoms with Crippen molar-refractivity contribution in [3.63, 3.8) is 0 Å². The van der Waals surface area contributed by atoms with Gasteiger partial charge < -0.3 is 14.8 Å². The van der Waals surface area contributed by atoms with Crippen LogP contribution in [-0.4, -0.2) is 26.2 Å². The van der Waals surface area contributed by atoms with Crippen molar-refractivity contribution in [3.8, 4) is 5.75 Å². The summed E-state index contributed by atoms with van der Waals surface area (Å²) in [6.07, 6.45) is 4.03. The predicted octanol–water partition coefficient (Wildman–Crippen LogP) is 3.23. The maximum atomic E-state index is 11.7. The number of hydrogen-bond donors (Lipinski definition) is 1. The van der Waals surface area contributed by atoms with Crippen LogP contribution in [0.1, 0.15) is 32.6 Å². The molecule has 0 aliphatic carbocycles. The van der Waals surface area contributed by atoms with E-state index in [1.807, 2.05) is 24.3 Å². The van der Waals surface area contributed by atoms with E-state index in [1.54, 1.807) is 7.11 Å². The maximum Gasteiger partial charge on any atom is 0.328 e. The molecule has 1 aromatic carbocycles. The van der Waals surface area contributed by atoms with E-state index in [4.69, 9.17) is 9.47 Å². The Bertz CT molecular complexity index is 393. The molecule has 4 nitrogen and oxygen atoms in total. The third-order valence-electron chi connectivity index (χ3n) is 2.99. The fraction of sp³-hybridized carbons (Fsp3) is 0.533. The van der Waals surface area contributed by atoms with Crippen molar-refractivity contribution in [2.75, 3.05) is 19.5 Å². The number of anilines is 1. The molecule has 0 aliphatic heterocycles. The highest BCUT2D eigenvalue weighted by Crippen LogP contribution is 2.19. The summed E-state index contributed by atoms with van der Waals surface area (Å²) < 4.78 is 10.0. The molecular formula is C15H23NO3. The van der Waals surface area contributed by atoms with Gasteiger partial charge in [-0.05, 0) is 18.6 Å². The van der Waals surface area contributed by atoms with Crippen LogP contribution < -0.4 is 10.1 Å². The average molecular weight is 265 g/mol. The second-order valence-electron chi connectivity index (χ2n) is 4.45. The molecule has 0 aliphatic rings. The Morgan fingerprint density at radius 3 is 2.74 bits per heavy atom. The summed E-state index contributed by atoms with van der Waals surface area (Å²) >= 11 is 0. The number of methoxy groups -OCH3 is 2. The Morgan fingerprint density at radius 2 is 2.11 bits per heavy atom. The summed E-state index contributed by atoms with van der Waals surface area (Å²) in [6.45, 7) is 2.14. The topological polar surface area (TPSA) is 47.6 Å². The molecule has 1 aromatic rings. The lowest BCUT2D eigenvalue weighted by Crippen LogP contribution is -2.30. The second kappa shape index (κ2) is 8.40. The summed E-state index contributed by atoms with van der Waals surface area (Å²) in [5.74, 6) is 0.543. The summed E-state index contributed by atoms with van der Waals surface area (Å²) in [4.78, 5) is 11.7. The molecule has 0 amide bonds. The third-order valence-corrected chi connectivity index (χ3v) is 2.99.